The Labute approximate surface area is 63.5 Å². The molecule has 0 aliphatic carbocycles. The molecule has 1 heterocycles. The van der Waals surface area contributed by atoms with Crippen LogP contribution in [0.4, 0.5) is 0 Å². The van der Waals surface area contributed by atoms with E-state index in [1.54, 1.807) is 7.05 Å². The molecule has 5 nitrogen and oxygen atoms in total. The number of nitrogens with two attached hydrogens (primary N) is 1. The summed E-state index contributed by atoms with van der Waals surface area (Å²) >= 11 is 4.50. The predicted octanol–water partition coefficient (Wildman–Crippen LogP) is -1.30. The average Bonchev–Trinajstić information content (AvgIpc) is 2.30. The van der Waals surface area contributed by atoms with Gasteiger partial charge in [0.15, 0.2) is 0 Å². The lowest BCUT2D eigenvalue weighted by Crippen LogP contribution is -2.48. The van der Waals surface area contributed by atoms with Gasteiger partial charge in [-0.05, 0) is 12.2 Å². The van der Waals surface area contributed by atoms with Gasteiger partial charge in [-0.15, -0.1) is 0 Å². The third kappa shape index (κ3) is 1.08. The van der Waals surface area contributed by atoms with E-state index in [1.165, 1.54) is 5.12 Å². The first kappa shape index (κ1) is 7.01. The van der Waals surface area contributed by atoms with Crippen LogP contribution in [0.2, 0.25) is 0 Å². The summed E-state index contributed by atoms with van der Waals surface area (Å²) in [6.45, 7) is 0. The number of hydrogen-bond donors (Lipinski definition) is 3. The SMILES string of the molecule is CNN1NC(=C=S)N=C1N. The van der Waals surface area contributed by atoms with Gasteiger partial charge in [0.25, 0.3) is 0 Å². The highest BCUT2D eigenvalue weighted by atomic mass is 32.1. The molecule has 1 rings (SSSR count). The largest absolute Gasteiger partial charge is 0.367 e. The third-order valence-electron chi connectivity index (χ3n) is 0.993. The van der Waals surface area contributed by atoms with Crippen molar-refractivity contribution in [2.45, 2.75) is 0 Å². The van der Waals surface area contributed by atoms with Gasteiger partial charge < -0.3 is 5.73 Å². The highest BCUT2D eigenvalue weighted by Gasteiger charge is 2.14. The zero-order valence-electron chi connectivity index (χ0n) is 5.38. The molecule has 0 fully saturated rings. The van der Waals surface area contributed by atoms with Crippen molar-refractivity contribution in [1.29, 1.82) is 0 Å². The number of hydrazine groups is 2. The summed E-state index contributed by atoms with van der Waals surface area (Å²) in [4.78, 5) is 3.81. The predicted molar refractivity (Wildman–Crippen MR) is 41.8 cm³/mol. The quantitative estimate of drug-likeness (QED) is 0.413. The summed E-state index contributed by atoms with van der Waals surface area (Å²) in [6.07, 6.45) is 0. The number of thiocarbonyl (C=S) groups is 1. The topological polar surface area (TPSA) is 65.7 Å². The molecule has 0 amide bonds. The van der Waals surface area contributed by atoms with Gasteiger partial charge in [0.05, 0.1) is 0 Å². The Morgan fingerprint density at radius 1 is 1.90 bits per heavy atom. The fourth-order valence-corrected chi connectivity index (χ4v) is 0.660. The number of guanidine groups is 1. The Morgan fingerprint density at radius 3 is 2.90 bits per heavy atom. The van der Waals surface area contributed by atoms with Crippen LogP contribution in [0.5, 0.6) is 0 Å². The Morgan fingerprint density at radius 2 is 2.60 bits per heavy atom. The van der Waals surface area contributed by atoms with Crippen LogP contribution in [-0.4, -0.2) is 23.1 Å². The number of nitrogens with one attached hydrogen (secondary N) is 2. The fraction of sp³-hybridized carbons (Fsp3) is 0.250. The van der Waals surface area contributed by atoms with Crippen molar-refractivity contribution in [3.05, 3.63) is 5.82 Å². The second-order valence-corrected chi connectivity index (χ2v) is 1.80. The van der Waals surface area contributed by atoms with Gasteiger partial charge in [-0.1, -0.05) is 0 Å². The lowest BCUT2D eigenvalue weighted by atomic mass is 10.9. The smallest absolute Gasteiger partial charge is 0.233 e. The summed E-state index contributed by atoms with van der Waals surface area (Å²) in [5.41, 5.74) is 10.9. The van der Waals surface area contributed by atoms with Crippen LogP contribution >= 0.6 is 12.2 Å². The van der Waals surface area contributed by atoms with Crippen LogP contribution in [-0.2, 0) is 0 Å². The molecule has 0 aromatic rings. The van der Waals surface area contributed by atoms with Crippen LogP contribution in [0.3, 0.4) is 0 Å². The number of aliphatic imine (C=N–C) groups is 1. The summed E-state index contributed by atoms with van der Waals surface area (Å²) < 4.78 is 0. The van der Waals surface area contributed by atoms with E-state index in [2.05, 4.69) is 33.1 Å². The zero-order chi connectivity index (χ0) is 7.56. The van der Waals surface area contributed by atoms with Crippen molar-refractivity contribution < 1.29 is 0 Å². The summed E-state index contributed by atoms with van der Waals surface area (Å²) in [5, 5.41) is 3.84. The molecule has 0 atom stereocenters. The van der Waals surface area contributed by atoms with Crippen LogP contribution < -0.4 is 16.6 Å². The molecule has 0 saturated carbocycles. The van der Waals surface area contributed by atoms with Crippen LogP contribution in [0, 0.1) is 0 Å². The maximum absolute atomic E-state index is 5.40. The van der Waals surface area contributed by atoms with Crippen molar-refractivity contribution in [2.75, 3.05) is 7.05 Å². The molecule has 0 spiro atoms. The summed E-state index contributed by atoms with van der Waals surface area (Å²) in [5.74, 6) is 0.775. The monoisotopic (exact) mass is 157 g/mol. The van der Waals surface area contributed by atoms with E-state index >= 15 is 0 Å². The third-order valence-corrected chi connectivity index (χ3v) is 1.19. The standard InChI is InChI=1S/C4H7N5S/c1-6-9-4(5)7-3(2-10)8-9/h6,8H,1H3,(H2,5,7). The molecule has 54 valence electrons. The number of hydrogen-bond acceptors (Lipinski definition) is 6. The molecule has 0 aromatic carbocycles. The highest BCUT2D eigenvalue weighted by molar-refractivity contribution is 7.78. The van der Waals surface area contributed by atoms with Crippen LogP contribution in [0.15, 0.2) is 10.8 Å². The average molecular weight is 157 g/mol. The first-order valence-electron chi connectivity index (χ1n) is 2.61. The molecule has 4 N–H and O–H groups in total. The minimum Gasteiger partial charge on any atom is -0.367 e. The van der Waals surface area contributed by atoms with E-state index in [-0.39, 0.29) is 0 Å². The van der Waals surface area contributed by atoms with Gasteiger partial charge in [0, 0.05) is 12.1 Å². The van der Waals surface area contributed by atoms with E-state index in [0.717, 1.165) is 0 Å². The van der Waals surface area contributed by atoms with Gasteiger partial charge in [-0.3, -0.25) is 5.43 Å². The number of rotatable bonds is 1. The van der Waals surface area contributed by atoms with Crippen LogP contribution in [0.1, 0.15) is 0 Å². The van der Waals surface area contributed by atoms with E-state index in [4.69, 9.17) is 5.73 Å². The molecule has 0 radical (unpaired) electrons. The van der Waals surface area contributed by atoms with E-state index in [1.807, 2.05) is 0 Å². The summed E-state index contributed by atoms with van der Waals surface area (Å²) in [6, 6.07) is 0. The Kier molecular flexibility index (Phi) is 1.86. The first-order valence-corrected chi connectivity index (χ1v) is 3.02. The summed E-state index contributed by atoms with van der Waals surface area (Å²) in [7, 11) is 1.71. The van der Waals surface area contributed by atoms with Gasteiger partial charge in [-0.25, -0.2) is 5.43 Å². The molecular weight excluding hydrogens is 150 g/mol. The number of nitrogens with zero attached hydrogens (tertiary/aromatic N) is 2. The molecule has 6 heteroatoms. The van der Waals surface area contributed by atoms with Gasteiger partial charge in [-0.2, -0.15) is 10.1 Å². The molecule has 0 unspecified atom stereocenters. The van der Waals surface area contributed by atoms with E-state index in [9.17, 15) is 0 Å². The minimum atomic E-state index is 0.329. The van der Waals surface area contributed by atoms with Crippen molar-refractivity contribution in [1.82, 2.24) is 16.0 Å². The molecule has 1 aliphatic rings. The maximum Gasteiger partial charge on any atom is 0.233 e. The zero-order valence-corrected chi connectivity index (χ0v) is 6.20. The Hall–Kier alpha value is -1.10. The first-order chi connectivity index (χ1) is 4.77. The maximum atomic E-state index is 5.40. The van der Waals surface area contributed by atoms with Crippen molar-refractivity contribution in [3.63, 3.8) is 0 Å². The molecule has 0 aromatic heterocycles. The van der Waals surface area contributed by atoms with Crippen molar-refractivity contribution in [3.8, 4) is 0 Å². The van der Waals surface area contributed by atoms with E-state index < -0.39 is 0 Å². The fourth-order valence-electron chi connectivity index (χ4n) is 0.569. The lowest BCUT2D eigenvalue weighted by Gasteiger charge is -2.14. The van der Waals surface area contributed by atoms with Gasteiger partial charge in [0.1, 0.15) is 0 Å². The second-order valence-electron chi connectivity index (χ2n) is 1.59. The molecule has 1 aliphatic heterocycles. The normalized spacial score (nSPS) is 16.3. The van der Waals surface area contributed by atoms with E-state index in [0.29, 0.717) is 11.8 Å². The van der Waals surface area contributed by atoms with Crippen LogP contribution in [0.25, 0.3) is 0 Å². The van der Waals surface area contributed by atoms with Gasteiger partial charge in [0.2, 0.25) is 11.8 Å². The molecular formula is C4H7N5S. The van der Waals surface area contributed by atoms with Crippen molar-refractivity contribution >= 4 is 23.2 Å². The molecule has 0 bridgehead atoms. The molecule has 10 heavy (non-hydrogen) atoms. The van der Waals surface area contributed by atoms with Crippen molar-refractivity contribution in [2.24, 2.45) is 10.7 Å². The highest BCUT2D eigenvalue weighted by Crippen LogP contribution is 1.95. The molecule has 0 saturated heterocycles. The van der Waals surface area contributed by atoms with Gasteiger partial charge >= 0.3 is 0 Å². The Balaban J connectivity index is 2.77. The minimum absolute atomic E-state index is 0.329. The lowest BCUT2D eigenvalue weighted by molar-refractivity contribution is 0.288. The second kappa shape index (κ2) is 2.66. The Bertz CT molecular complexity index is 216.